The molecule has 21 heavy (non-hydrogen) atoms. The van der Waals surface area contributed by atoms with E-state index in [9.17, 15) is 8.42 Å². The molecule has 2 heterocycles. The molecule has 0 aliphatic carbocycles. The normalized spacial score (nSPS) is 20.4. The number of thioether (sulfide) groups is 1. The van der Waals surface area contributed by atoms with Crippen LogP contribution in [0.15, 0.2) is 14.7 Å². The minimum absolute atomic E-state index is 0.146. The summed E-state index contributed by atoms with van der Waals surface area (Å²) in [4.78, 5) is 1.43. The van der Waals surface area contributed by atoms with Gasteiger partial charge in [-0.2, -0.15) is 16.1 Å². The number of rotatable bonds is 4. The molecule has 8 heteroatoms. The Labute approximate surface area is 143 Å². The van der Waals surface area contributed by atoms with Gasteiger partial charge in [0.05, 0.1) is 3.79 Å². The predicted octanol–water partition coefficient (Wildman–Crippen LogP) is 3.14. The lowest BCUT2D eigenvalue weighted by Gasteiger charge is -2.22. The highest BCUT2D eigenvalue weighted by Crippen LogP contribution is 2.36. The van der Waals surface area contributed by atoms with E-state index in [0.29, 0.717) is 28.3 Å². The second kappa shape index (κ2) is 6.88. The van der Waals surface area contributed by atoms with Gasteiger partial charge in [0.25, 0.3) is 0 Å². The van der Waals surface area contributed by atoms with Crippen molar-refractivity contribution in [1.82, 2.24) is 9.62 Å². The van der Waals surface area contributed by atoms with Crippen molar-refractivity contribution in [2.24, 2.45) is 0 Å². The van der Waals surface area contributed by atoms with E-state index in [-0.39, 0.29) is 4.75 Å². The number of nitrogens with one attached hydrogen (secondary N) is 1. The van der Waals surface area contributed by atoms with E-state index < -0.39 is 10.0 Å². The van der Waals surface area contributed by atoms with Crippen LogP contribution in [0.5, 0.6) is 0 Å². The zero-order valence-corrected chi connectivity index (χ0v) is 16.5. The molecule has 2 rings (SSSR count). The maximum atomic E-state index is 12.9. The van der Waals surface area contributed by atoms with Gasteiger partial charge in [-0.1, -0.05) is 13.8 Å². The quantitative estimate of drug-likeness (QED) is 0.824. The van der Waals surface area contributed by atoms with Crippen molar-refractivity contribution in [3.8, 4) is 0 Å². The van der Waals surface area contributed by atoms with Crippen LogP contribution in [0.4, 0.5) is 0 Å². The van der Waals surface area contributed by atoms with Crippen molar-refractivity contribution in [2.75, 3.05) is 25.9 Å². The zero-order valence-electron chi connectivity index (χ0n) is 12.5. The van der Waals surface area contributed by atoms with E-state index in [1.54, 1.807) is 10.4 Å². The third-order valence-corrected chi connectivity index (χ3v) is 9.00. The molecule has 0 saturated carbocycles. The second-order valence-corrected chi connectivity index (χ2v) is 11.8. The fourth-order valence-corrected chi connectivity index (χ4v) is 7.52. The lowest BCUT2D eigenvalue weighted by molar-refractivity contribution is 0.415. The van der Waals surface area contributed by atoms with Crippen molar-refractivity contribution < 1.29 is 8.42 Å². The van der Waals surface area contributed by atoms with Gasteiger partial charge in [-0.3, -0.25) is 0 Å². The van der Waals surface area contributed by atoms with E-state index >= 15 is 0 Å². The molecular formula is C13H21BrN2O2S3. The van der Waals surface area contributed by atoms with E-state index in [4.69, 9.17) is 0 Å². The fraction of sp³-hybridized carbons (Fsp3) is 0.692. The SMILES string of the molecule is CNCc1cc(S(=O)(=O)N2CCSC(C)(C)CC2)c(Br)s1. The van der Waals surface area contributed by atoms with Crippen LogP contribution in [0.25, 0.3) is 0 Å². The molecule has 0 bridgehead atoms. The first kappa shape index (κ1) is 17.7. The van der Waals surface area contributed by atoms with Gasteiger partial charge in [-0.15, -0.1) is 11.3 Å². The van der Waals surface area contributed by atoms with E-state index in [1.807, 2.05) is 18.8 Å². The first-order valence-corrected chi connectivity index (χ1v) is 10.9. The van der Waals surface area contributed by atoms with Crippen LogP contribution in [0.2, 0.25) is 0 Å². The van der Waals surface area contributed by atoms with Crippen LogP contribution in [0.1, 0.15) is 25.1 Å². The first-order chi connectivity index (χ1) is 9.76. The molecule has 0 spiro atoms. The zero-order chi connectivity index (χ0) is 15.7. The predicted molar refractivity (Wildman–Crippen MR) is 94.7 cm³/mol. The number of thiophene rings is 1. The molecule has 1 aliphatic heterocycles. The largest absolute Gasteiger partial charge is 0.315 e. The Hall–Kier alpha value is 0.400. The summed E-state index contributed by atoms with van der Waals surface area (Å²) in [6, 6.07) is 1.78. The Bertz CT molecular complexity index is 599. The first-order valence-electron chi connectivity index (χ1n) is 6.83. The third-order valence-electron chi connectivity index (χ3n) is 3.47. The van der Waals surface area contributed by atoms with Gasteiger partial charge in [0.2, 0.25) is 10.0 Å². The summed E-state index contributed by atoms with van der Waals surface area (Å²) < 4.78 is 28.2. The summed E-state index contributed by atoms with van der Waals surface area (Å²) in [6.45, 7) is 6.21. The summed E-state index contributed by atoms with van der Waals surface area (Å²) in [5.74, 6) is 0.845. The van der Waals surface area contributed by atoms with Crippen LogP contribution in [-0.2, 0) is 16.6 Å². The van der Waals surface area contributed by atoms with Crippen molar-refractivity contribution >= 4 is 49.1 Å². The number of nitrogens with zero attached hydrogens (tertiary/aromatic N) is 1. The molecule has 4 nitrogen and oxygen atoms in total. The van der Waals surface area contributed by atoms with E-state index in [2.05, 4.69) is 35.1 Å². The summed E-state index contributed by atoms with van der Waals surface area (Å²) in [5.41, 5.74) is 0. The highest BCUT2D eigenvalue weighted by molar-refractivity contribution is 9.11. The van der Waals surface area contributed by atoms with E-state index in [0.717, 1.165) is 17.1 Å². The van der Waals surface area contributed by atoms with Crippen molar-refractivity contribution in [2.45, 2.75) is 36.5 Å². The monoisotopic (exact) mass is 412 g/mol. The molecular weight excluding hydrogens is 392 g/mol. The molecule has 1 aromatic heterocycles. The maximum absolute atomic E-state index is 12.9. The van der Waals surface area contributed by atoms with Gasteiger partial charge in [-0.05, 0) is 35.5 Å². The summed E-state index contributed by atoms with van der Waals surface area (Å²) in [6.07, 6.45) is 0.877. The molecule has 1 N–H and O–H groups in total. The average molecular weight is 413 g/mol. The third kappa shape index (κ3) is 4.23. The minimum atomic E-state index is -3.41. The molecule has 0 aromatic carbocycles. The van der Waals surface area contributed by atoms with Crippen molar-refractivity contribution in [3.63, 3.8) is 0 Å². The smallest absolute Gasteiger partial charge is 0.245 e. The second-order valence-electron chi connectivity index (χ2n) is 5.64. The van der Waals surface area contributed by atoms with Crippen LogP contribution < -0.4 is 5.32 Å². The fourth-order valence-electron chi connectivity index (χ4n) is 2.22. The van der Waals surface area contributed by atoms with Gasteiger partial charge < -0.3 is 5.32 Å². The lowest BCUT2D eigenvalue weighted by atomic mass is 10.1. The molecule has 0 unspecified atom stereocenters. The molecule has 0 atom stereocenters. The van der Waals surface area contributed by atoms with Gasteiger partial charge >= 0.3 is 0 Å². The number of hydrogen-bond acceptors (Lipinski definition) is 5. The van der Waals surface area contributed by atoms with Gasteiger partial charge in [0.15, 0.2) is 0 Å². The summed E-state index contributed by atoms with van der Waals surface area (Å²) in [7, 11) is -1.55. The molecule has 1 saturated heterocycles. The number of sulfonamides is 1. The van der Waals surface area contributed by atoms with Gasteiger partial charge in [0, 0.05) is 35.0 Å². The highest BCUT2D eigenvalue weighted by Gasteiger charge is 2.32. The number of halogens is 1. The molecule has 1 fully saturated rings. The standard InChI is InChI=1S/C13H21BrN2O2S3/c1-13(2)4-5-16(6-7-19-13)21(17,18)11-8-10(9-15-3)20-12(11)14/h8,15H,4-7,9H2,1-3H3. The summed E-state index contributed by atoms with van der Waals surface area (Å²) in [5, 5.41) is 3.05. The topological polar surface area (TPSA) is 49.4 Å². The maximum Gasteiger partial charge on any atom is 0.245 e. The van der Waals surface area contributed by atoms with Gasteiger partial charge in [-0.25, -0.2) is 8.42 Å². The summed E-state index contributed by atoms with van der Waals surface area (Å²) >= 11 is 6.74. The highest BCUT2D eigenvalue weighted by atomic mass is 79.9. The number of hydrogen-bond donors (Lipinski definition) is 1. The Morgan fingerprint density at radius 2 is 2.14 bits per heavy atom. The van der Waals surface area contributed by atoms with Crippen LogP contribution >= 0.6 is 39.0 Å². The molecule has 0 radical (unpaired) electrons. The Morgan fingerprint density at radius 1 is 1.43 bits per heavy atom. The van der Waals surface area contributed by atoms with E-state index in [1.165, 1.54) is 11.3 Å². The van der Waals surface area contributed by atoms with Crippen LogP contribution in [0.3, 0.4) is 0 Å². The molecule has 120 valence electrons. The Kier molecular flexibility index (Phi) is 5.82. The molecule has 0 amide bonds. The van der Waals surface area contributed by atoms with Crippen LogP contribution in [0, 0.1) is 0 Å². The Balaban J connectivity index is 2.25. The molecule has 1 aliphatic rings. The van der Waals surface area contributed by atoms with Crippen LogP contribution in [-0.4, -0.2) is 43.4 Å². The lowest BCUT2D eigenvalue weighted by Crippen LogP contribution is -2.33. The van der Waals surface area contributed by atoms with Gasteiger partial charge in [0.1, 0.15) is 4.90 Å². The van der Waals surface area contributed by atoms with Crippen molar-refractivity contribution in [1.29, 1.82) is 0 Å². The minimum Gasteiger partial charge on any atom is -0.315 e. The van der Waals surface area contributed by atoms with Crippen molar-refractivity contribution in [3.05, 3.63) is 14.7 Å². The average Bonchev–Trinajstić information content (AvgIpc) is 2.64. The molecule has 1 aromatic rings. The Morgan fingerprint density at radius 3 is 2.81 bits per heavy atom.